The van der Waals surface area contributed by atoms with Gasteiger partial charge in [0, 0.05) is 17.3 Å². The molecular formula is C17H19ClN2O2. The molecule has 0 atom stereocenters. The largest absolute Gasteiger partial charge is 0.496 e. The molecule has 116 valence electrons. The lowest BCUT2D eigenvalue weighted by Crippen LogP contribution is -2.31. The zero-order chi connectivity index (χ0) is 15.8. The summed E-state index contributed by atoms with van der Waals surface area (Å²) in [7, 11) is 1.65. The minimum atomic E-state index is -0.0511. The van der Waals surface area contributed by atoms with E-state index in [1.54, 1.807) is 19.2 Å². The maximum Gasteiger partial charge on any atom is 0.239 e. The minimum Gasteiger partial charge on any atom is -0.496 e. The third-order valence-corrected chi connectivity index (χ3v) is 3.46. The van der Waals surface area contributed by atoms with Gasteiger partial charge in [-0.25, -0.2) is 0 Å². The molecule has 0 aromatic heterocycles. The first kappa shape index (κ1) is 16.2. The zero-order valence-electron chi connectivity index (χ0n) is 12.4. The van der Waals surface area contributed by atoms with Crippen LogP contribution in [-0.4, -0.2) is 26.1 Å². The second-order valence-electron chi connectivity index (χ2n) is 4.77. The van der Waals surface area contributed by atoms with Gasteiger partial charge < -0.3 is 15.4 Å². The average molecular weight is 319 g/mol. The fourth-order valence-corrected chi connectivity index (χ4v) is 2.18. The summed E-state index contributed by atoms with van der Waals surface area (Å²) in [5.74, 6) is 0.792. The summed E-state index contributed by atoms with van der Waals surface area (Å²) >= 11 is 5.81. The Hall–Kier alpha value is -2.20. The Morgan fingerprint density at radius 2 is 1.86 bits per heavy atom. The lowest BCUT2D eigenvalue weighted by Gasteiger charge is -2.10. The highest BCUT2D eigenvalue weighted by Crippen LogP contribution is 2.17. The first-order valence-corrected chi connectivity index (χ1v) is 7.45. The van der Waals surface area contributed by atoms with Crippen molar-refractivity contribution in [2.75, 3.05) is 25.5 Å². The topological polar surface area (TPSA) is 50.4 Å². The number of methoxy groups -OCH3 is 1. The van der Waals surface area contributed by atoms with Gasteiger partial charge in [-0.15, -0.1) is 0 Å². The maximum atomic E-state index is 11.8. The summed E-state index contributed by atoms with van der Waals surface area (Å²) < 4.78 is 5.28. The van der Waals surface area contributed by atoms with Crippen molar-refractivity contribution in [2.24, 2.45) is 0 Å². The fourth-order valence-electron chi connectivity index (χ4n) is 2.06. The van der Waals surface area contributed by atoms with Crippen molar-refractivity contribution in [3.8, 4) is 5.75 Å². The van der Waals surface area contributed by atoms with Crippen molar-refractivity contribution >= 4 is 23.2 Å². The zero-order valence-corrected chi connectivity index (χ0v) is 13.2. The van der Waals surface area contributed by atoms with Gasteiger partial charge in [-0.1, -0.05) is 29.8 Å². The van der Waals surface area contributed by atoms with Gasteiger partial charge in [0.1, 0.15) is 5.75 Å². The van der Waals surface area contributed by atoms with Crippen LogP contribution in [0.1, 0.15) is 5.56 Å². The van der Waals surface area contributed by atoms with Crippen molar-refractivity contribution in [3.63, 3.8) is 0 Å². The van der Waals surface area contributed by atoms with Gasteiger partial charge in [-0.3, -0.25) is 4.79 Å². The Morgan fingerprint density at radius 1 is 1.14 bits per heavy atom. The lowest BCUT2D eigenvalue weighted by atomic mass is 10.1. The van der Waals surface area contributed by atoms with E-state index < -0.39 is 0 Å². The molecule has 0 aliphatic heterocycles. The number of rotatable bonds is 7. The van der Waals surface area contributed by atoms with E-state index in [0.717, 1.165) is 23.4 Å². The predicted molar refractivity (Wildman–Crippen MR) is 89.6 cm³/mol. The molecule has 0 spiro atoms. The minimum absolute atomic E-state index is 0.0511. The monoisotopic (exact) mass is 318 g/mol. The first-order valence-electron chi connectivity index (χ1n) is 7.07. The van der Waals surface area contributed by atoms with Crippen LogP contribution >= 0.6 is 11.6 Å². The van der Waals surface area contributed by atoms with Crippen molar-refractivity contribution in [3.05, 3.63) is 59.1 Å². The molecule has 5 heteroatoms. The van der Waals surface area contributed by atoms with E-state index in [0.29, 0.717) is 11.6 Å². The van der Waals surface area contributed by atoms with Crippen LogP contribution in [0.15, 0.2) is 48.5 Å². The molecule has 0 saturated carbocycles. The molecule has 0 bridgehead atoms. The molecule has 0 radical (unpaired) electrons. The standard InChI is InChI=1S/C17H19ClN2O2/c1-22-16-5-3-2-4-13(16)10-11-19-17(21)12-20-15-8-6-14(18)7-9-15/h2-9,20H,10-12H2,1H3,(H,19,21). The molecule has 0 saturated heterocycles. The summed E-state index contributed by atoms with van der Waals surface area (Å²) in [6.45, 7) is 0.801. The average Bonchev–Trinajstić information content (AvgIpc) is 2.55. The van der Waals surface area contributed by atoms with Gasteiger partial charge >= 0.3 is 0 Å². The maximum absolute atomic E-state index is 11.8. The van der Waals surface area contributed by atoms with Gasteiger partial charge in [0.05, 0.1) is 13.7 Å². The third-order valence-electron chi connectivity index (χ3n) is 3.21. The number of ether oxygens (including phenoxy) is 1. The van der Waals surface area contributed by atoms with Crippen LogP contribution in [0.25, 0.3) is 0 Å². The van der Waals surface area contributed by atoms with Crippen LogP contribution in [0.2, 0.25) is 5.02 Å². The van der Waals surface area contributed by atoms with E-state index >= 15 is 0 Å². The van der Waals surface area contributed by atoms with Gasteiger partial charge in [0.15, 0.2) is 0 Å². The number of carbonyl (C=O) groups excluding carboxylic acids is 1. The Kier molecular flexibility index (Phi) is 6.10. The second kappa shape index (κ2) is 8.29. The van der Waals surface area contributed by atoms with E-state index in [-0.39, 0.29) is 12.5 Å². The van der Waals surface area contributed by atoms with Gasteiger partial charge in [0.2, 0.25) is 5.91 Å². The van der Waals surface area contributed by atoms with Gasteiger partial charge in [-0.2, -0.15) is 0 Å². The number of benzene rings is 2. The normalized spacial score (nSPS) is 10.1. The summed E-state index contributed by atoms with van der Waals surface area (Å²) in [6, 6.07) is 15.0. The number of hydrogen-bond donors (Lipinski definition) is 2. The van der Waals surface area contributed by atoms with Crippen LogP contribution in [0, 0.1) is 0 Å². The molecule has 0 unspecified atom stereocenters. The van der Waals surface area contributed by atoms with E-state index in [2.05, 4.69) is 10.6 Å². The number of para-hydroxylation sites is 1. The molecule has 2 aromatic carbocycles. The fraction of sp³-hybridized carbons (Fsp3) is 0.235. The molecule has 1 amide bonds. The van der Waals surface area contributed by atoms with Crippen LogP contribution < -0.4 is 15.4 Å². The lowest BCUT2D eigenvalue weighted by molar-refractivity contribution is -0.119. The SMILES string of the molecule is COc1ccccc1CCNC(=O)CNc1ccc(Cl)cc1. The quantitative estimate of drug-likeness (QED) is 0.824. The number of hydrogen-bond acceptors (Lipinski definition) is 3. The van der Waals surface area contributed by atoms with E-state index in [1.807, 2.05) is 36.4 Å². The Morgan fingerprint density at radius 3 is 2.59 bits per heavy atom. The van der Waals surface area contributed by atoms with Crippen LogP contribution in [0.4, 0.5) is 5.69 Å². The van der Waals surface area contributed by atoms with E-state index in [9.17, 15) is 4.79 Å². The summed E-state index contributed by atoms with van der Waals surface area (Å²) in [5.41, 5.74) is 1.94. The van der Waals surface area contributed by atoms with Crippen LogP contribution in [0.5, 0.6) is 5.75 Å². The van der Waals surface area contributed by atoms with E-state index in [1.165, 1.54) is 0 Å². The molecule has 4 nitrogen and oxygen atoms in total. The molecule has 0 aliphatic rings. The summed E-state index contributed by atoms with van der Waals surface area (Å²) in [5, 5.41) is 6.60. The highest BCUT2D eigenvalue weighted by Gasteiger charge is 2.04. The van der Waals surface area contributed by atoms with Crippen LogP contribution in [0.3, 0.4) is 0 Å². The van der Waals surface area contributed by atoms with Crippen molar-refractivity contribution in [1.29, 1.82) is 0 Å². The highest BCUT2D eigenvalue weighted by atomic mass is 35.5. The third kappa shape index (κ3) is 4.97. The Bertz CT molecular complexity index is 614. The predicted octanol–water partition coefficient (Wildman–Crippen LogP) is 3.12. The molecule has 0 aliphatic carbocycles. The Balaban J connectivity index is 1.72. The summed E-state index contributed by atoms with van der Waals surface area (Å²) in [4.78, 5) is 11.8. The second-order valence-corrected chi connectivity index (χ2v) is 5.21. The molecule has 2 aromatic rings. The molecule has 2 N–H and O–H groups in total. The summed E-state index contributed by atoms with van der Waals surface area (Å²) in [6.07, 6.45) is 0.733. The molecular weight excluding hydrogens is 300 g/mol. The molecule has 0 fully saturated rings. The number of anilines is 1. The van der Waals surface area contributed by atoms with Gasteiger partial charge in [-0.05, 0) is 42.3 Å². The molecule has 2 rings (SSSR count). The van der Waals surface area contributed by atoms with Crippen LogP contribution in [-0.2, 0) is 11.2 Å². The number of carbonyl (C=O) groups is 1. The molecule has 22 heavy (non-hydrogen) atoms. The number of amides is 1. The van der Waals surface area contributed by atoms with E-state index in [4.69, 9.17) is 16.3 Å². The van der Waals surface area contributed by atoms with Crippen molar-refractivity contribution < 1.29 is 9.53 Å². The number of nitrogens with one attached hydrogen (secondary N) is 2. The highest BCUT2D eigenvalue weighted by molar-refractivity contribution is 6.30. The van der Waals surface area contributed by atoms with Gasteiger partial charge in [0.25, 0.3) is 0 Å². The first-order chi connectivity index (χ1) is 10.7. The number of halogens is 1. The Labute approximate surface area is 135 Å². The smallest absolute Gasteiger partial charge is 0.239 e. The molecule has 0 heterocycles. The van der Waals surface area contributed by atoms with Crippen molar-refractivity contribution in [2.45, 2.75) is 6.42 Å². The van der Waals surface area contributed by atoms with Crippen molar-refractivity contribution in [1.82, 2.24) is 5.32 Å².